The molecule has 2 aromatic heterocycles. The number of hydrogen-bond donors (Lipinski definition) is 1. The standard InChI is InChI=1S/C18H18ClN3O3/c1-3-7-11-14-16(20-10-21-17(14)23)22(15(11)18(24)25-4-2)13-9-6-5-8-12(13)19/h5-6,8-10H,3-4,7H2,1-2H3,(H,20,21,23). The van der Waals surface area contributed by atoms with Crippen molar-refractivity contribution in [3.63, 3.8) is 0 Å². The average Bonchev–Trinajstić information content (AvgIpc) is 2.91. The number of halogens is 1. The largest absolute Gasteiger partial charge is 0.461 e. The highest BCUT2D eigenvalue weighted by atomic mass is 35.5. The molecule has 130 valence electrons. The van der Waals surface area contributed by atoms with Gasteiger partial charge in [-0.25, -0.2) is 9.78 Å². The number of hydrogen-bond acceptors (Lipinski definition) is 4. The molecule has 0 aliphatic carbocycles. The summed E-state index contributed by atoms with van der Waals surface area (Å²) in [7, 11) is 0. The number of ether oxygens (including phenoxy) is 1. The number of carbonyl (C=O) groups excluding carboxylic acids is 1. The van der Waals surface area contributed by atoms with Crippen LogP contribution in [0.5, 0.6) is 0 Å². The van der Waals surface area contributed by atoms with Gasteiger partial charge in [0.2, 0.25) is 0 Å². The number of aryl methyl sites for hydroxylation is 1. The highest BCUT2D eigenvalue weighted by molar-refractivity contribution is 6.32. The van der Waals surface area contributed by atoms with Gasteiger partial charge in [0.1, 0.15) is 5.69 Å². The van der Waals surface area contributed by atoms with Crippen molar-refractivity contribution in [1.82, 2.24) is 14.5 Å². The summed E-state index contributed by atoms with van der Waals surface area (Å²) in [5.74, 6) is -0.497. The smallest absolute Gasteiger partial charge is 0.355 e. The van der Waals surface area contributed by atoms with Crippen molar-refractivity contribution < 1.29 is 9.53 Å². The van der Waals surface area contributed by atoms with E-state index in [1.807, 2.05) is 13.0 Å². The summed E-state index contributed by atoms with van der Waals surface area (Å²) in [6.07, 6.45) is 2.64. The number of carbonyl (C=O) groups is 1. The highest BCUT2D eigenvalue weighted by Gasteiger charge is 2.27. The first-order valence-corrected chi connectivity index (χ1v) is 8.50. The van der Waals surface area contributed by atoms with E-state index < -0.39 is 5.97 Å². The van der Waals surface area contributed by atoms with Crippen molar-refractivity contribution in [1.29, 1.82) is 0 Å². The van der Waals surface area contributed by atoms with Crippen LogP contribution >= 0.6 is 11.6 Å². The third kappa shape index (κ3) is 2.93. The van der Waals surface area contributed by atoms with Crippen molar-refractivity contribution in [2.45, 2.75) is 26.7 Å². The number of aromatic nitrogens is 3. The van der Waals surface area contributed by atoms with Crippen LogP contribution in [0.25, 0.3) is 16.7 Å². The van der Waals surface area contributed by atoms with Crippen LogP contribution in [0.1, 0.15) is 36.3 Å². The van der Waals surface area contributed by atoms with E-state index in [-0.39, 0.29) is 12.2 Å². The molecule has 1 aromatic carbocycles. The lowest BCUT2D eigenvalue weighted by atomic mass is 10.1. The first kappa shape index (κ1) is 17.2. The van der Waals surface area contributed by atoms with E-state index in [0.29, 0.717) is 39.4 Å². The number of aromatic amines is 1. The summed E-state index contributed by atoms with van der Waals surface area (Å²) in [6.45, 7) is 3.96. The quantitative estimate of drug-likeness (QED) is 0.707. The highest BCUT2D eigenvalue weighted by Crippen LogP contribution is 2.31. The number of para-hydroxylation sites is 1. The predicted octanol–water partition coefficient (Wildman–Crippen LogP) is 3.50. The van der Waals surface area contributed by atoms with Gasteiger partial charge < -0.3 is 9.72 Å². The Morgan fingerprint density at radius 1 is 1.32 bits per heavy atom. The second kappa shape index (κ2) is 7.11. The van der Waals surface area contributed by atoms with Crippen molar-refractivity contribution in [2.24, 2.45) is 0 Å². The van der Waals surface area contributed by atoms with Crippen LogP contribution in [0.15, 0.2) is 35.4 Å². The van der Waals surface area contributed by atoms with Gasteiger partial charge in [0.05, 0.1) is 29.0 Å². The molecule has 25 heavy (non-hydrogen) atoms. The number of esters is 1. The van der Waals surface area contributed by atoms with Crippen molar-refractivity contribution in [3.05, 3.63) is 57.2 Å². The lowest BCUT2D eigenvalue weighted by Crippen LogP contribution is -2.13. The van der Waals surface area contributed by atoms with Gasteiger partial charge in [-0.2, -0.15) is 0 Å². The molecule has 2 heterocycles. The van der Waals surface area contributed by atoms with E-state index in [1.165, 1.54) is 6.33 Å². The number of rotatable bonds is 5. The van der Waals surface area contributed by atoms with Crippen LogP contribution in [0.4, 0.5) is 0 Å². The van der Waals surface area contributed by atoms with Crippen LogP contribution in [0.3, 0.4) is 0 Å². The molecule has 0 radical (unpaired) electrons. The Labute approximate surface area is 149 Å². The molecular weight excluding hydrogens is 342 g/mol. The molecule has 3 rings (SSSR count). The van der Waals surface area contributed by atoms with Crippen molar-refractivity contribution >= 4 is 28.6 Å². The monoisotopic (exact) mass is 359 g/mol. The minimum Gasteiger partial charge on any atom is -0.461 e. The van der Waals surface area contributed by atoms with E-state index in [4.69, 9.17) is 16.3 Å². The molecule has 0 aliphatic rings. The Balaban J connectivity index is 2.47. The molecule has 1 N–H and O–H groups in total. The van der Waals surface area contributed by atoms with Crippen LogP contribution < -0.4 is 5.56 Å². The van der Waals surface area contributed by atoms with E-state index in [1.54, 1.807) is 29.7 Å². The number of benzene rings is 1. The van der Waals surface area contributed by atoms with Crippen molar-refractivity contribution in [3.8, 4) is 5.69 Å². The number of nitrogens with zero attached hydrogens (tertiary/aromatic N) is 2. The summed E-state index contributed by atoms with van der Waals surface area (Å²) in [4.78, 5) is 32.0. The molecular formula is C18H18ClN3O3. The van der Waals surface area contributed by atoms with Gasteiger partial charge in [0, 0.05) is 5.56 Å². The van der Waals surface area contributed by atoms with Crippen LogP contribution in [0, 0.1) is 0 Å². The summed E-state index contributed by atoms with van der Waals surface area (Å²) in [5, 5.41) is 0.849. The summed E-state index contributed by atoms with van der Waals surface area (Å²) in [5.41, 5.74) is 1.62. The maximum absolute atomic E-state index is 12.7. The molecule has 0 saturated carbocycles. The molecule has 0 bridgehead atoms. The van der Waals surface area contributed by atoms with E-state index in [9.17, 15) is 9.59 Å². The van der Waals surface area contributed by atoms with Crippen LogP contribution in [0.2, 0.25) is 5.02 Å². The van der Waals surface area contributed by atoms with Gasteiger partial charge in [-0.3, -0.25) is 9.36 Å². The normalized spacial score (nSPS) is 11.0. The van der Waals surface area contributed by atoms with Gasteiger partial charge in [-0.1, -0.05) is 37.1 Å². The lowest BCUT2D eigenvalue weighted by molar-refractivity contribution is 0.0516. The van der Waals surface area contributed by atoms with E-state index in [0.717, 1.165) is 6.42 Å². The summed E-state index contributed by atoms with van der Waals surface area (Å²) < 4.78 is 6.86. The molecule has 7 heteroatoms. The Kier molecular flexibility index (Phi) is 4.90. The van der Waals surface area contributed by atoms with Crippen LogP contribution in [-0.4, -0.2) is 27.1 Å². The summed E-state index contributed by atoms with van der Waals surface area (Å²) >= 11 is 6.35. The first-order chi connectivity index (χ1) is 12.1. The Hall–Kier alpha value is -2.60. The van der Waals surface area contributed by atoms with E-state index >= 15 is 0 Å². The molecule has 0 unspecified atom stereocenters. The third-order valence-electron chi connectivity index (χ3n) is 3.92. The zero-order valence-electron chi connectivity index (χ0n) is 14.0. The topological polar surface area (TPSA) is 77.0 Å². The van der Waals surface area contributed by atoms with Gasteiger partial charge >= 0.3 is 5.97 Å². The average molecular weight is 360 g/mol. The predicted molar refractivity (Wildman–Crippen MR) is 96.7 cm³/mol. The van der Waals surface area contributed by atoms with Gasteiger partial charge in [-0.15, -0.1) is 0 Å². The fourth-order valence-corrected chi connectivity index (χ4v) is 3.19. The maximum Gasteiger partial charge on any atom is 0.355 e. The third-order valence-corrected chi connectivity index (χ3v) is 4.24. The second-order valence-corrected chi connectivity index (χ2v) is 5.92. The summed E-state index contributed by atoms with van der Waals surface area (Å²) in [6, 6.07) is 7.12. The molecule has 0 aliphatic heterocycles. The Bertz CT molecular complexity index is 991. The molecule has 6 nitrogen and oxygen atoms in total. The van der Waals surface area contributed by atoms with Crippen molar-refractivity contribution in [2.75, 3.05) is 6.61 Å². The Morgan fingerprint density at radius 3 is 2.76 bits per heavy atom. The number of nitrogens with one attached hydrogen (secondary N) is 1. The van der Waals surface area contributed by atoms with Gasteiger partial charge in [0.25, 0.3) is 5.56 Å². The molecule has 0 amide bonds. The fraction of sp³-hybridized carbons (Fsp3) is 0.278. The fourth-order valence-electron chi connectivity index (χ4n) is 2.97. The molecule has 3 aromatic rings. The molecule has 0 spiro atoms. The SMILES string of the molecule is CCCc1c(C(=O)OCC)n(-c2ccccc2Cl)c2nc[nH]c(=O)c12. The molecule has 0 fully saturated rings. The molecule has 0 saturated heterocycles. The second-order valence-electron chi connectivity index (χ2n) is 5.51. The molecule has 0 atom stereocenters. The van der Waals surface area contributed by atoms with Gasteiger partial charge in [0.15, 0.2) is 5.65 Å². The Morgan fingerprint density at radius 2 is 2.08 bits per heavy atom. The number of fused-ring (bicyclic) bond motifs is 1. The van der Waals surface area contributed by atoms with E-state index in [2.05, 4.69) is 9.97 Å². The minimum atomic E-state index is -0.497. The maximum atomic E-state index is 12.7. The van der Waals surface area contributed by atoms with Gasteiger partial charge in [-0.05, 0) is 25.5 Å². The minimum absolute atomic E-state index is 0.234. The zero-order chi connectivity index (χ0) is 18.0. The zero-order valence-corrected chi connectivity index (χ0v) is 14.8. The van der Waals surface area contributed by atoms with Crippen LogP contribution in [-0.2, 0) is 11.2 Å². The lowest BCUT2D eigenvalue weighted by Gasteiger charge is -2.12. The number of H-pyrrole nitrogens is 1. The first-order valence-electron chi connectivity index (χ1n) is 8.13.